The molecule has 148 valence electrons. The van der Waals surface area contributed by atoms with Crippen molar-refractivity contribution in [2.45, 2.75) is 38.0 Å². The molecule has 0 bridgehead atoms. The van der Waals surface area contributed by atoms with Gasteiger partial charge in [-0.25, -0.2) is 0 Å². The van der Waals surface area contributed by atoms with Crippen LogP contribution < -0.4 is 10.1 Å². The van der Waals surface area contributed by atoms with Gasteiger partial charge in [0.25, 0.3) is 0 Å². The second kappa shape index (κ2) is 8.91. The summed E-state index contributed by atoms with van der Waals surface area (Å²) in [6.45, 7) is 2.63. The Balaban J connectivity index is 1.63. The van der Waals surface area contributed by atoms with Crippen LogP contribution >= 0.6 is 0 Å². The largest absolute Gasteiger partial charge is 0.494 e. The van der Waals surface area contributed by atoms with Crippen molar-refractivity contribution in [3.63, 3.8) is 0 Å². The Morgan fingerprint density at radius 1 is 1.11 bits per heavy atom. The molecule has 2 aromatic carbocycles. The van der Waals surface area contributed by atoms with Gasteiger partial charge in [0, 0.05) is 6.54 Å². The van der Waals surface area contributed by atoms with Crippen molar-refractivity contribution in [3.8, 4) is 5.75 Å². The SMILES string of the molecule is CCOc1ccc(CC(CNC(=O)C2(c3ccccc3)CCC2)C(=O)O)cc1. The Hall–Kier alpha value is -2.82. The van der Waals surface area contributed by atoms with Gasteiger partial charge in [0.2, 0.25) is 5.91 Å². The van der Waals surface area contributed by atoms with Crippen molar-refractivity contribution in [2.24, 2.45) is 5.92 Å². The highest BCUT2D eigenvalue weighted by atomic mass is 16.5. The lowest BCUT2D eigenvalue weighted by atomic mass is 9.64. The molecule has 0 radical (unpaired) electrons. The highest BCUT2D eigenvalue weighted by molar-refractivity contribution is 5.89. The van der Waals surface area contributed by atoms with Crippen LogP contribution in [0.1, 0.15) is 37.3 Å². The third-order valence-electron chi connectivity index (χ3n) is 5.54. The number of carboxylic acids is 1. The van der Waals surface area contributed by atoms with E-state index >= 15 is 0 Å². The van der Waals surface area contributed by atoms with Crippen molar-refractivity contribution in [1.29, 1.82) is 0 Å². The first kappa shape index (κ1) is 19.9. The van der Waals surface area contributed by atoms with Gasteiger partial charge in [0.15, 0.2) is 0 Å². The maximum atomic E-state index is 12.9. The number of ether oxygens (including phenoxy) is 1. The number of hydrogen-bond donors (Lipinski definition) is 2. The van der Waals surface area contributed by atoms with E-state index in [1.54, 1.807) is 0 Å². The van der Waals surface area contributed by atoms with E-state index in [0.717, 1.165) is 36.1 Å². The van der Waals surface area contributed by atoms with E-state index in [4.69, 9.17) is 4.74 Å². The van der Waals surface area contributed by atoms with Gasteiger partial charge in [-0.3, -0.25) is 9.59 Å². The number of carbonyl (C=O) groups excluding carboxylic acids is 1. The highest BCUT2D eigenvalue weighted by Gasteiger charge is 2.45. The number of benzene rings is 2. The highest BCUT2D eigenvalue weighted by Crippen LogP contribution is 2.43. The molecule has 1 saturated carbocycles. The Kier molecular flexibility index (Phi) is 6.34. The van der Waals surface area contributed by atoms with Gasteiger partial charge >= 0.3 is 5.97 Å². The van der Waals surface area contributed by atoms with Crippen LogP contribution in [0.4, 0.5) is 0 Å². The number of hydrogen-bond acceptors (Lipinski definition) is 3. The number of aliphatic carboxylic acids is 1. The van der Waals surface area contributed by atoms with E-state index in [0.29, 0.717) is 13.0 Å². The molecule has 2 N–H and O–H groups in total. The number of amides is 1. The summed E-state index contributed by atoms with van der Waals surface area (Å²) in [5, 5.41) is 12.5. The lowest BCUT2D eigenvalue weighted by molar-refractivity contribution is -0.141. The minimum Gasteiger partial charge on any atom is -0.494 e. The molecule has 0 aliphatic heterocycles. The molecule has 0 aromatic heterocycles. The molecule has 1 aliphatic rings. The third-order valence-corrected chi connectivity index (χ3v) is 5.54. The van der Waals surface area contributed by atoms with Gasteiger partial charge in [-0.05, 0) is 49.4 Å². The second-order valence-electron chi connectivity index (χ2n) is 7.33. The molecule has 2 aromatic rings. The number of carbonyl (C=O) groups is 2. The summed E-state index contributed by atoms with van der Waals surface area (Å²) in [4.78, 5) is 24.6. The van der Waals surface area contributed by atoms with Crippen LogP contribution in [0.25, 0.3) is 0 Å². The second-order valence-corrected chi connectivity index (χ2v) is 7.33. The Morgan fingerprint density at radius 2 is 1.79 bits per heavy atom. The van der Waals surface area contributed by atoms with Crippen LogP contribution in [-0.2, 0) is 21.4 Å². The molecule has 5 heteroatoms. The molecule has 0 saturated heterocycles. The van der Waals surface area contributed by atoms with Gasteiger partial charge in [-0.2, -0.15) is 0 Å². The monoisotopic (exact) mass is 381 g/mol. The summed E-state index contributed by atoms with van der Waals surface area (Å²) in [5.74, 6) is -0.879. The first-order valence-electron chi connectivity index (χ1n) is 9.83. The lowest BCUT2D eigenvalue weighted by Gasteiger charge is -2.41. The first-order chi connectivity index (χ1) is 13.5. The fourth-order valence-corrected chi connectivity index (χ4v) is 3.74. The normalized spacial score (nSPS) is 15.9. The van der Waals surface area contributed by atoms with Crippen LogP contribution in [0.3, 0.4) is 0 Å². The van der Waals surface area contributed by atoms with Crippen LogP contribution in [0.5, 0.6) is 5.75 Å². The topological polar surface area (TPSA) is 75.6 Å². The van der Waals surface area contributed by atoms with Crippen molar-refractivity contribution in [3.05, 3.63) is 65.7 Å². The standard InChI is InChI=1S/C23H27NO4/c1-2-28-20-11-9-17(10-12-20)15-18(21(25)26)16-24-22(27)23(13-6-14-23)19-7-4-3-5-8-19/h3-5,7-12,18H,2,6,13-16H2,1H3,(H,24,27)(H,25,26). The van der Waals surface area contributed by atoms with Gasteiger partial charge in [-0.1, -0.05) is 48.9 Å². The molecule has 1 atom stereocenters. The van der Waals surface area contributed by atoms with Gasteiger partial charge < -0.3 is 15.2 Å². The van der Waals surface area contributed by atoms with Crippen LogP contribution in [0.2, 0.25) is 0 Å². The Bertz CT molecular complexity index is 797. The van der Waals surface area contributed by atoms with Gasteiger partial charge in [-0.15, -0.1) is 0 Å². The van der Waals surface area contributed by atoms with Gasteiger partial charge in [0.1, 0.15) is 5.75 Å². The van der Waals surface area contributed by atoms with Crippen molar-refractivity contribution in [1.82, 2.24) is 5.32 Å². The lowest BCUT2D eigenvalue weighted by Crippen LogP contribution is -2.50. The third kappa shape index (κ3) is 4.35. The Morgan fingerprint density at radius 3 is 2.32 bits per heavy atom. The smallest absolute Gasteiger partial charge is 0.308 e. The Labute approximate surface area is 165 Å². The molecule has 0 heterocycles. The van der Waals surface area contributed by atoms with Gasteiger partial charge in [0.05, 0.1) is 17.9 Å². The fraction of sp³-hybridized carbons (Fsp3) is 0.391. The minimum absolute atomic E-state index is 0.0668. The average molecular weight is 381 g/mol. The summed E-state index contributed by atoms with van der Waals surface area (Å²) in [5.41, 5.74) is 1.41. The maximum absolute atomic E-state index is 12.9. The number of rotatable bonds is 9. The minimum atomic E-state index is -0.906. The molecule has 5 nitrogen and oxygen atoms in total. The molecule has 1 fully saturated rings. The molecule has 1 unspecified atom stereocenters. The zero-order valence-corrected chi connectivity index (χ0v) is 16.2. The summed E-state index contributed by atoms with van der Waals surface area (Å²) >= 11 is 0. The van der Waals surface area contributed by atoms with E-state index in [2.05, 4.69) is 5.32 Å². The molecular weight excluding hydrogens is 354 g/mol. The molecule has 1 aliphatic carbocycles. The summed E-state index contributed by atoms with van der Waals surface area (Å²) < 4.78 is 5.42. The van der Waals surface area contributed by atoms with E-state index in [1.165, 1.54) is 0 Å². The first-order valence-corrected chi connectivity index (χ1v) is 9.83. The summed E-state index contributed by atoms with van der Waals surface area (Å²) in [7, 11) is 0. The van der Waals surface area contributed by atoms with E-state index in [9.17, 15) is 14.7 Å². The molecule has 1 amide bonds. The fourth-order valence-electron chi connectivity index (χ4n) is 3.74. The predicted molar refractivity (Wildman–Crippen MR) is 107 cm³/mol. The van der Waals surface area contributed by atoms with E-state index in [-0.39, 0.29) is 12.5 Å². The molecular formula is C23H27NO4. The molecule has 3 rings (SSSR count). The quantitative estimate of drug-likeness (QED) is 0.696. The van der Waals surface area contributed by atoms with Crippen molar-refractivity contribution >= 4 is 11.9 Å². The number of nitrogens with one attached hydrogen (secondary N) is 1. The number of carboxylic acid groups (broad SMARTS) is 1. The average Bonchev–Trinajstić information content (AvgIpc) is 2.66. The van der Waals surface area contributed by atoms with Crippen LogP contribution in [0.15, 0.2) is 54.6 Å². The van der Waals surface area contributed by atoms with Crippen molar-refractivity contribution in [2.75, 3.05) is 13.2 Å². The summed E-state index contributed by atoms with van der Waals surface area (Å²) in [6.07, 6.45) is 2.98. The van der Waals surface area contributed by atoms with Crippen molar-refractivity contribution < 1.29 is 19.4 Å². The molecule has 0 spiro atoms. The molecule has 28 heavy (non-hydrogen) atoms. The van der Waals surface area contributed by atoms with Crippen LogP contribution in [-0.4, -0.2) is 30.1 Å². The summed E-state index contributed by atoms with van der Waals surface area (Å²) in [6, 6.07) is 17.2. The zero-order chi connectivity index (χ0) is 20.0. The maximum Gasteiger partial charge on any atom is 0.308 e. The predicted octanol–water partition coefficient (Wildman–Crippen LogP) is 3.57. The van der Waals surface area contributed by atoms with E-state index < -0.39 is 17.3 Å². The zero-order valence-electron chi connectivity index (χ0n) is 16.2. The van der Waals surface area contributed by atoms with Crippen LogP contribution in [0, 0.1) is 5.92 Å². The van der Waals surface area contributed by atoms with E-state index in [1.807, 2.05) is 61.5 Å².